The average Bonchev–Trinajstić information content (AvgIpc) is 1.89. The molecule has 0 fully saturated rings. The summed E-state index contributed by atoms with van der Waals surface area (Å²) in [7, 11) is 0. The summed E-state index contributed by atoms with van der Waals surface area (Å²) in [4.78, 5) is 10.6. The maximum Gasteiger partial charge on any atom is 0.328 e. The molecule has 0 aliphatic rings. The molecule has 0 aliphatic heterocycles. The molecule has 0 heterocycles. The van der Waals surface area contributed by atoms with Crippen LogP contribution in [0.1, 0.15) is 6.92 Å². The fraction of sp³-hybridized carbons (Fsp3) is 0.600. The molecule has 0 saturated carbocycles. The monoisotopic (exact) mass is 145 g/mol. The molecule has 0 radical (unpaired) electrons. The number of hydrogen-bond acceptors (Lipinski definition) is 5. The van der Waals surface area contributed by atoms with Gasteiger partial charge in [0.25, 0.3) is 0 Å². The third-order valence-corrected chi connectivity index (χ3v) is 0.805. The van der Waals surface area contributed by atoms with Crippen molar-refractivity contribution in [3.05, 3.63) is 0 Å². The van der Waals surface area contributed by atoms with Crippen LogP contribution >= 0.6 is 0 Å². The molecule has 1 unspecified atom stereocenters. The van der Waals surface area contributed by atoms with Gasteiger partial charge < -0.3 is 16.3 Å². The first-order valence-corrected chi connectivity index (χ1v) is 2.88. The molecule has 0 aromatic carbocycles. The van der Waals surface area contributed by atoms with Crippen molar-refractivity contribution in [3.8, 4) is 0 Å². The zero-order valence-electron chi connectivity index (χ0n) is 5.78. The number of nitrogens with two attached hydrogens (primary N) is 2. The van der Waals surface area contributed by atoms with Gasteiger partial charge in [-0.25, -0.2) is 4.79 Å². The van der Waals surface area contributed by atoms with Gasteiger partial charge in [0, 0.05) is 0 Å². The number of carbonyl (C=O) groups excluding carboxylic acids is 1. The second-order valence-electron chi connectivity index (χ2n) is 1.58. The molecule has 0 aromatic heterocycles. The van der Waals surface area contributed by atoms with Crippen LogP contribution in [-0.2, 0) is 9.53 Å². The summed E-state index contributed by atoms with van der Waals surface area (Å²) in [6, 6.07) is -0.843. The number of hydrazone groups is 1. The topological polar surface area (TPSA) is 90.7 Å². The molecular weight excluding hydrogens is 134 g/mol. The highest BCUT2D eigenvalue weighted by Gasteiger charge is 2.10. The van der Waals surface area contributed by atoms with Crippen LogP contribution in [0, 0.1) is 0 Å². The van der Waals surface area contributed by atoms with E-state index >= 15 is 0 Å². The summed E-state index contributed by atoms with van der Waals surface area (Å²) >= 11 is 0. The first kappa shape index (κ1) is 8.90. The third-order valence-electron chi connectivity index (χ3n) is 0.805. The SMILES string of the molecule is CCOC(=O)C(N)/C=N/N. The second-order valence-corrected chi connectivity index (χ2v) is 1.58. The van der Waals surface area contributed by atoms with Gasteiger partial charge in [-0.3, -0.25) is 0 Å². The van der Waals surface area contributed by atoms with E-state index < -0.39 is 12.0 Å². The van der Waals surface area contributed by atoms with Crippen molar-refractivity contribution in [1.29, 1.82) is 0 Å². The third kappa shape index (κ3) is 3.03. The van der Waals surface area contributed by atoms with Crippen LogP contribution in [0.25, 0.3) is 0 Å². The Morgan fingerprint density at radius 1 is 1.90 bits per heavy atom. The Morgan fingerprint density at radius 3 is 2.90 bits per heavy atom. The molecule has 4 N–H and O–H groups in total. The van der Waals surface area contributed by atoms with Gasteiger partial charge in [-0.2, -0.15) is 5.10 Å². The van der Waals surface area contributed by atoms with Crippen LogP contribution in [0.3, 0.4) is 0 Å². The van der Waals surface area contributed by atoms with E-state index in [2.05, 4.69) is 9.84 Å². The van der Waals surface area contributed by atoms with Crippen molar-refractivity contribution < 1.29 is 9.53 Å². The van der Waals surface area contributed by atoms with E-state index in [-0.39, 0.29) is 0 Å². The molecular formula is C5H11N3O2. The van der Waals surface area contributed by atoms with Crippen molar-refractivity contribution >= 4 is 12.2 Å². The predicted molar refractivity (Wildman–Crippen MR) is 37.3 cm³/mol. The minimum atomic E-state index is -0.843. The Bertz CT molecular complexity index is 135. The van der Waals surface area contributed by atoms with Crippen molar-refractivity contribution in [2.45, 2.75) is 13.0 Å². The maximum absolute atomic E-state index is 10.6. The van der Waals surface area contributed by atoms with E-state index in [0.717, 1.165) is 6.21 Å². The molecule has 0 rings (SSSR count). The predicted octanol–water partition coefficient (Wildman–Crippen LogP) is -1.18. The lowest BCUT2D eigenvalue weighted by Crippen LogP contribution is -2.34. The van der Waals surface area contributed by atoms with Crippen LogP contribution in [-0.4, -0.2) is 24.8 Å². The van der Waals surface area contributed by atoms with Gasteiger partial charge in [-0.05, 0) is 6.92 Å². The molecule has 5 heteroatoms. The molecule has 0 aliphatic carbocycles. The molecule has 0 amide bonds. The molecule has 10 heavy (non-hydrogen) atoms. The van der Waals surface area contributed by atoms with Crippen molar-refractivity contribution in [1.82, 2.24) is 0 Å². The number of rotatable bonds is 3. The molecule has 0 bridgehead atoms. The minimum Gasteiger partial charge on any atom is -0.465 e. The van der Waals surface area contributed by atoms with E-state index in [1.54, 1.807) is 6.92 Å². The van der Waals surface area contributed by atoms with Gasteiger partial charge >= 0.3 is 5.97 Å². The Morgan fingerprint density at radius 2 is 2.50 bits per heavy atom. The summed E-state index contributed by atoms with van der Waals surface area (Å²) < 4.78 is 4.55. The highest BCUT2D eigenvalue weighted by Crippen LogP contribution is 1.80. The average molecular weight is 145 g/mol. The van der Waals surface area contributed by atoms with Crippen LogP contribution < -0.4 is 11.6 Å². The van der Waals surface area contributed by atoms with Crippen LogP contribution in [0.4, 0.5) is 0 Å². The lowest BCUT2D eigenvalue weighted by molar-refractivity contribution is -0.142. The van der Waals surface area contributed by atoms with Gasteiger partial charge in [0.2, 0.25) is 0 Å². The first-order chi connectivity index (χ1) is 4.72. The second kappa shape index (κ2) is 4.75. The number of ether oxygens (including phenoxy) is 1. The van der Waals surface area contributed by atoms with Gasteiger partial charge in [0.05, 0.1) is 12.8 Å². The Balaban J connectivity index is 3.70. The fourth-order valence-corrected chi connectivity index (χ4v) is 0.392. The molecule has 0 aromatic rings. The van der Waals surface area contributed by atoms with Gasteiger partial charge in [-0.1, -0.05) is 0 Å². The number of carbonyl (C=O) groups is 1. The summed E-state index contributed by atoms with van der Waals surface area (Å²) in [5.74, 6) is 4.23. The summed E-state index contributed by atoms with van der Waals surface area (Å²) in [6.07, 6.45) is 1.12. The van der Waals surface area contributed by atoms with Crippen LogP contribution in [0.5, 0.6) is 0 Å². The Kier molecular flexibility index (Phi) is 4.23. The smallest absolute Gasteiger partial charge is 0.328 e. The Labute approximate surface area is 59.0 Å². The normalized spacial score (nSPS) is 13.4. The molecule has 5 nitrogen and oxygen atoms in total. The van der Waals surface area contributed by atoms with Crippen LogP contribution in [0.2, 0.25) is 0 Å². The minimum absolute atomic E-state index is 0.310. The quantitative estimate of drug-likeness (QED) is 0.226. The molecule has 0 spiro atoms. The molecule has 58 valence electrons. The number of nitrogens with zero attached hydrogens (tertiary/aromatic N) is 1. The van der Waals surface area contributed by atoms with E-state index in [1.165, 1.54) is 0 Å². The summed E-state index contributed by atoms with van der Waals surface area (Å²) in [6.45, 7) is 2.01. The zero-order valence-corrected chi connectivity index (χ0v) is 5.78. The lowest BCUT2D eigenvalue weighted by atomic mass is 10.3. The van der Waals surface area contributed by atoms with E-state index in [4.69, 9.17) is 11.6 Å². The van der Waals surface area contributed by atoms with Gasteiger partial charge in [0.15, 0.2) is 0 Å². The highest BCUT2D eigenvalue weighted by atomic mass is 16.5. The van der Waals surface area contributed by atoms with Crippen molar-refractivity contribution in [2.24, 2.45) is 16.7 Å². The standard InChI is InChI=1S/C5H11N3O2/c1-2-10-5(9)4(6)3-8-7/h3-4H,2,6-7H2,1H3/b8-3+. The van der Waals surface area contributed by atoms with E-state index in [9.17, 15) is 4.79 Å². The lowest BCUT2D eigenvalue weighted by Gasteiger charge is -2.03. The summed E-state index contributed by atoms with van der Waals surface area (Å²) in [5, 5.41) is 3.09. The maximum atomic E-state index is 10.6. The molecule has 1 atom stereocenters. The number of hydrogen-bond donors (Lipinski definition) is 2. The first-order valence-electron chi connectivity index (χ1n) is 2.88. The van der Waals surface area contributed by atoms with Crippen LogP contribution in [0.15, 0.2) is 5.10 Å². The largest absolute Gasteiger partial charge is 0.465 e. The fourth-order valence-electron chi connectivity index (χ4n) is 0.392. The van der Waals surface area contributed by atoms with E-state index in [1.807, 2.05) is 0 Å². The highest BCUT2D eigenvalue weighted by molar-refractivity contribution is 5.93. The summed E-state index contributed by atoms with van der Waals surface area (Å²) in [5.41, 5.74) is 5.21. The van der Waals surface area contributed by atoms with Gasteiger partial charge in [-0.15, -0.1) is 0 Å². The zero-order chi connectivity index (χ0) is 7.98. The Hall–Kier alpha value is -1.10. The molecule has 0 saturated heterocycles. The van der Waals surface area contributed by atoms with Gasteiger partial charge in [0.1, 0.15) is 6.04 Å². The van der Waals surface area contributed by atoms with E-state index in [0.29, 0.717) is 6.61 Å². The number of esters is 1. The van der Waals surface area contributed by atoms with Crippen molar-refractivity contribution in [2.75, 3.05) is 6.61 Å². The van der Waals surface area contributed by atoms with Crippen molar-refractivity contribution in [3.63, 3.8) is 0 Å².